The Morgan fingerprint density at radius 2 is 2.15 bits per heavy atom. The van der Waals surface area contributed by atoms with E-state index in [0.29, 0.717) is 5.56 Å². The van der Waals surface area contributed by atoms with Crippen molar-refractivity contribution in [2.24, 2.45) is 0 Å². The lowest BCUT2D eigenvalue weighted by Gasteiger charge is -2.06. The average Bonchev–Trinajstić information content (AvgIpc) is 2.85. The molecule has 0 radical (unpaired) electrons. The minimum absolute atomic E-state index is 0.290. The van der Waals surface area contributed by atoms with Crippen molar-refractivity contribution >= 4 is 17.0 Å². The highest BCUT2D eigenvalue weighted by Gasteiger charge is 2.07. The maximum atomic E-state index is 11.0. The van der Waals surface area contributed by atoms with Crippen molar-refractivity contribution < 1.29 is 14.6 Å². The molecule has 0 amide bonds. The lowest BCUT2D eigenvalue weighted by Crippen LogP contribution is -2.03. The van der Waals surface area contributed by atoms with Gasteiger partial charge in [-0.1, -0.05) is 13.3 Å². The summed E-state index contributed by atoms with van der Waals surface area (Å²) in [5.41, 5.74) is 1.97. The fraction of sp³-hybridized carbons (Fsp3) is 0.467. The van der Waals surface area contributed by atoms with E-state index in [9.17, 15) is 4.79 Å². The van der Waals surface area contributed by atoms with Crippen LogP contribution in [0.5, 0.6) is 0 Å². The van der Waals surface area contributed by atoms with Crippen molar-refractivity contribution in [2.45, 2.75) is 32.7 Å². The van der Waals surface area contributed by atoms with Gasteiger partial charge in [-0.25, -0.2) is 9.78 Å². The van der Waals surface area contributed by atoms with Crippen molar-refractivity contribution in [1.29, 1.82) is 0 Å². The Balaban J connectivity index is 1.96. The number of rotatable bonds is 8. The molecule has 108 valence electrons. The second-order valence-corrected chi connectivity index (χ2v) is 4.77. The third kappa shape index (κ3) is 3.57. The smallest absolute Gasteiger partial charge is 0.335 e. The fourth-order valence-electron chi connectivity index (χ4n) is 2.05. The van der Waals surface area contributed by atoms with Gasteiger partial charge in [0.2, 0.25) is 0 Å². The molecule has 1 aromatic heterocycles. The van der Waals surface area contributed by atoms with E-state index in [-0.39, 0.29) is 0 Å². The monoisotopic (exact) mass is 276 g/mol. The predicted octanol–water partition coefficient (Wildman–Crippen LogP) is 2.94. The van der Waals surface area contributed by atoms with Gasteiger partial charge in [-0.3, -0.25) is 0 Å². The normalized spacial score (nSPS) is 11.1. The Kier molecular flexibility index (Phi) is 5.12. The molecule has 20 heavy (non-hydrogen) atoms. The molecule has 0 spiro atoms. The summed E-state index contributed by atoms with van der Waals surface area (Å²) in [4.78, 5) is 15.3. The molecule has 0 bridgehead atoms. The number of aromatic carboxylic acids is 1. The van der Waals surface area contributed by atoms with E-state index in [0.717, 1.165) is 50.1 Å². The molecule has 0 aliphatic carbocycles. The molecule has 2 aromatic rings. The van der Waals surface area contributed by atoms with Crippen molar-refractivity contribution in [2.75, 3.05) is 13.2 Å². The Morgan fingerprint density at radius 1 is 1.35 bits per heavy atom. The summed E-state index contributed by atoms with van der Waals surface area (Å²) in [5, 5.41) is 9.02. The number of benzene rings is 1. The molecular formula is C15H20N2O3. The summed E-state index contributed by atoms with van der Waals surface area (Å²) in [6.45, 7) is 4.45. The number of hydrogen-bond acceptors (Lipinski definition) is 3. The van der Waals surface area contributed by atoms with Crippen LogP contribution in [0.15, 0.2) is 24.5 Å². The number of carboxylic acid groups (broad SMARTS) is 1. The maximum absolute atomic E-state index is 11.0. The lowest BCUT2D eigenvalue weighted by atomic mass is 10.2. The number of hydrogen-bond donors (Lipinski definition) is 1. The van der Waals surface area contributed by atoms with Crippen LogP contribution >= 0.6 is 0 Å². The number of carbonyl (C=O) groups is 1. The number of ether oxygens (including phenoxy) is 1. The zero-order valence-corrected chi connectivity index (χ0v) is 11.7. The highest BCUT2D eigenvalue weighted by Crippen LogP contribution is 2.15. The Hall–Kier alpha value is -1.88. The van der Waals surface area contributed by atoms with Gasteiger partial charge in [-0.2, -0.15) is 0 Å². The first-order valence-electron chi connectivity index (χ1n) is 6.98. The van der Waals surface area contributed by atoms with Crippen LogP contribution in [-0.2, 0) is 11.3 Å². The second-order valence-electron chi connectivity index (χ2n) is 4.77. The summed E-state index contributed by atoms with van der Waals surface area (Å²) in [6, 6.07) is 4.99. The van der Waals surface area contributed by atoms with E-state index in [1.54, 1.807) is 24.5 Å². The lowest BCUT2D eigenvalue weighted by molar-refractivity contribution is 0.0697. The molecule has 1 heterocycles. The SMILES string of the molecule is CCCCOCCCn1cnc2ccc(C(=O)O)cc21. The quantitative estimate of drug-likeness (QED) is 0.753. The van der Waals surface area contributed by atoms with Crippen LogP contribution in [0.1, 0.15) is 36.5 Å². The third-order valence-corrected chi connectivity index (χ3v) is 3.20. The van der Waals surface area contributed by atoms with Crippen molar-refractivity contribution in [3.05, 3.63) is 30.1 Å². The van der Waals surface area contributed by atoms with Crippen LogP contribution in [-0.4, -0.2) is 33.8 Å². The first kappa shape index (κ1) is 14.5. The molecule has 0 unspecified atom stereocenters. The van der Waals surface area contributed by atoms with E-state index in [1.807, 2.05) is 4.57 Å². The number of unbranched alkanes of at least 4 members (excludes halogenated alkanes) is 1. The second kappa shape index (κ2) is 7.05. The largest absolute Gasteiger partial charge is 0.478 e. The molecule has 5 heteroatoms. The first-order chi connectivity index (χ1) is 9.72. The molecular weight excluding hydrogens is 256 g/mol. The average molecular weight is 276 g/mol. The molecule has 5 nitrogen and oxygen atoms in total. The number of aryl methyl sites for hydroxylation is 1. The van der Waals surface area contributed by atoms with Crippen LogP contribution < -0.4 is 0 Å². The van der Waals surface area contributed by atoms with Crippen molar-refractivity contribution in [1.82, 2.24) is 9.55 Å². The van der Waals surface area contributed by atoms with Crippen LogP contribution in [0, 0.1) is 0 Å². The molecule has 2 rings (SSSR count). The van der Waals surface area contributed by atoms with E-state index in [2.05, 4.69) is 11.9 Å². The summed E-state index contributed by atoms with van der Waals surface area (Å²) in [5.74, 6) is -0.914. The Morgan fingerprint density at radius 3 is 2.90 bits per heavy atom. The number of aromatic nitrogens is 2. The van der Waals surface area contributed by atoms with Gasteiger partial charge >= 0.3 is 5.97 Å². The van der Waals surface area contributed by atoms with Crippen molar-refractivity contribution in [3.63, 3.8) is 0 Å². The van der Waals surface area contributed by atoms with Gasteiger partial charge in [0.05, 0.1) is 22.9 Å². The van der Waals surface area contributed by atoms with Gasteiger partial charge in [0.25, 0.3) is 0 Å². The van der Waals surface area contributed by atoms with E-state index < -0.39 is 5.97 Å². The highest BCUT2D eigenvalue weighted by atomic mass is 16.5. The molecule has 0 atom stereocenters. The van der Waals surface area contributed by atoms with Gasteiger partial charge in [0.1, 0.15) is 0 Å². The summed E-state index contributed by atoms with van der Waals surface area (Å²) in [6.07, 6.45) is 4.88. The maximum Gasteiger partial charge on any atom is 0.335 e. The summed E-state index contributed by atoms with van der Waals surface area (Å²) in [7, 11) is 0. The van der Waals surface area contributed by atoms with Gasteiger partial charge in [0, 0.05) is 19.8 Å². The standard InChI is InChI=1S/C15H20N2O3/c1-2-3-8-20-9-4-7-17-11-16-13-6-5-12(15(18)19)10-14(13)17/h5-6,10-11H,2-4,7-9H2,1H3,(H,18,19). The van der Waals surface area contributed by atoms with Crippen molar-refractivity contribution in [3.8, 4) is 0 Å². The summed E-state index contributed by atoms with van der Waals surface area (Å²) < 4.78 is 7.50. The molecule has 1 aromatic carbocycles. The van der Waals surface area contributed by atoms with E-state index in [1.165, 1.54) is 0 Å². The molecule has 0 saturated heterocycles. The number of imidazole rings is 1. The number of nitrogens with zero attached hydrogens (tertiary/aromatic N) is 2. The van der Waals surface area contributed by atoms with Crippen LogP contribution in [0.2, 0.25) is 0 Å². The third-order valence-electron chi connectivity index (χ3n) is 3.20. The van der Waals surface area contributed by atoms with E-state index in [4.69, 9.17) is 9.84 Å². The number of carboxylic acids is 1. The minimum atomic E-state index is -0.914. The Bertz CT molecular complexity index is 578. The fourth-order valence-corrected chi connectivity index (χ4v) is 2.05. The van der Waals surface area contributed by atoms with E-state index >= 15 is 0 Å². The molecule has 1 N–H and O–H groups in total. The molecule has 0 aliphatic rings. The predicted molar refractivity (Wildman–Crippen MR) is 77.0 cm³/mol. The van der Waals surface area contributed by atoms with Crippen LogP contribution in [0.25, 0.3) is 11.0 Å². The van der Waals surface area contributed by atoms with Gasteiger partial charge < -0.3 is 14.4 Å². The molecule has 0 fully saturated rings. The molecule has 0 saturated carbocycles. The Labute approximate surface area is 118 Å². The van der Waals surface area contributed by atoms with Gasteiger partial charge in [0.15, 0.2) is 0 Å². The van der Waals surface area contributed by atoms with Gasteiger partial charge in [-0.15, -0.1) is 0 Å². The topological polar surface area (TPSA) is 64.4 Å². The zero-order valence-electron chi connectivity index (χ0n) is 11.7. The minimum Gasteiger partial charge on any atom is -0.478 e. The molecule has 0 aliphatic heterocycles. The van der Waals surface area contributed by atoms with Crippen LogP contribution in [0.3, 0.4) is 0 Å². The first-order valence-corrected chi connectivity index (χ1v) is 6.98. The zero-order chi connectivity index (χ0) is 14.4. The highest BCUT2D eigenvalue weighted by molar-refractivity contribution is 5.92. The van der Waals surface area contributed by atoms with Gasteiger partial charge in [-0.05, 0) is 31.0 Å². The summed E-state index contributed by atoms with van der Waals surface area (Å²) >= 11 is 0. The number of fused-ring (bicyclic) bond motifs is 1. The van der Waals surface area contributed by atoms with Crippen LogP contribution in [0.4, 0.5) is 0 Å².